The van der Waals surface area contributed by atoms with Gasteiger partial charge in [0.15, 0.2) is 0 Å². The summed E-state index contributed by atoms with van der Waals surface area (Å²) in [5.41, 5.74) is 1.19. The number of halogens is 3. The highest BCUT2D eigenvalue weighted by Crippen LogP contribution is 2.34. The van der Waals surface area contributed by atoms with Crippen molar-refractivity contribution in [1.29, 1.82) is 0 Å². The predicted octanol–water partition coefficient (Wildman–Crippen LogP) is 4.54. The van der Waals surface area contributed by atoms with Crippen LogP contribution in [0.15, 0.2) is 42.5 Å². The van der Waals surface area contributed by atoms with Gasteiger partial charge in [-0.3, -0.25) is 9.59 Å². The number of nitrogens with one attached hydrogen (secondary N) is 2. The molecule has 0 unspecified atom stereocenters. The molecule has 0 saturated heterocycles. The molecule has 0 atom stereocenters. The molecule has 4 nitrogen and oxygen atoms in total. The van der Waals surface area contributed by atoms with E-state index in [9.17, 15) is 22.8 Å². The van der Waals surface area contributed by atoms with E-state index in [1.54, 1.807) is 0 Å². The summed E-state index contributed by atoms with van der Waals surface area (Å²) in [5.74, 6) is -0.878. The molecule has 2 amide bonds. The fourth-order valence-electron chi connectivity index (χ4n) is 2.35. The summed E-state index contributed by atoms with van der Waals surface area (Å²) in [4.78, 5) is 23.4. The molecule has 7 heteroatoms. The second-order valence-electron chi connectivity index (χ2n) is 5.97. The number of hydrogen-bond donors (Lipinski definition) is 2. The van der Waals surface area contributed by atoms with E-state index in [1.165, 1.54) is 6.92 Å². The summed E-state index contributed by atoms with van der Waals surface area (Å²) >= 11 is 0. The van der Waals surface area contributed by atoms with Crippen molar-refractivity contribution in [3.8, 4) is 0 Å². The molecule has 2 aromatic carbocycles. The highest BCUT2D eigenvalue weighted by molar-refractivity contribution is 5.99. The predicted molar refractivity (Wildman–Crippen MR) is 93.9 cm³/mol. The fraction of sp³-hybridized carbons (Fsp3) is 0.263. The molecule has 0 aliphatic heterocycles. The first-order chi connectivity index (χ1) is 12.1. The molecule has 2 N–H and O–H groups in total. The highest BCUT2D eigenvalue weighted by atomic mass is 19.4. The Morgan fingerprint density at radius 2 is 1.62 bits per heavy atom. The molecule has 0 aliphatic rings. The van der Waals surface area contributed by atoms with E-state index in [-0.39, 0.29) is 17.8 Å². The third kappa shape index (κ3) is 5.61. The Morgan fingerprint density at radius 3 is 2.19 bits per heavy atom. The normalized spacial score (nSPS) is 11.1. The molecular formula is C19H19F3N2O2. The SMILES string of the molecule is CC(=O)Nc1ccc(C(F)(F)F)cc1NC(=O)CCc1ccc(C)cc1. The average Bonchev–Trinajstić information content (AvgIpc) is 2.54. The van der Waals surface area contributed by atoms with Gasteiger partial charge in [0.1, 0.15) is 0 Å². The number of aryl methyl sites for hydroxylation is 2. The fourth-order valence-corrected chi connectivity index (χ4v) is 2.35. The molecule has 0 saturated carbocycles. The third-order valence-electron chi connectivity index (χ3n) is 3.69. The van der Waals surface area contributed by atoms with Crippen LogP contribution in [0.3, 0.4) is 0 Å². The van der Waals surface area contributed by atoms with Crippen LogP contribution in [0, 0.1) is 6.92 Å². The van der Waals surface area contributed by atoms with Crippen LogP contribution >= 0.6 is 0 Å². The second kappa shape index (κ2) is 8.03. The topological polar surface area (TPSA) is 58.2 Å². The van der Waals surface area contributed by atoms with Gasteiger partial charge in [-0.25, -0.2) is 0 Å². The Labute approximate surface area is 149 Å². The molecule has 0 heterocycles. The minimum absolute atomic E-state index is 0.0797. The zero-order valence-corrected chi connectivity index (χ0v) is 14.4. The number of alkyl halides is 3. The molecule has 0 fully saturated rings. The number of rotatable bonds is 5. The summed E-state index contributed by atoms with van der Waals surface area (Å²) in [6.07, 6.45) is -3.98. The van der Waals surface area contributed by atoms with Gasteiger partial charge >= 0.3 is 6.18 Å². The minimum atomic E-state index is -4.55. The van der Waals surface area contributed by atoms with Crippen LogP contribution in [0.4, 0.5) is 24.5 Å². The largest absolute Gasteiger partial charge is 0.416 e. The van der Waals surface area contributed by atoms with Crippen molar-refractivity contribution in [2.24, 2.45) is 0 Å². The van der Waals surface area contributed by atoms with Crippen molar-refractivity contribution in [1.82, 2.24) is 0 Å². The van der Waals surface area contributed by atoms with E-state index < -0.39 is 23.6 Å². The van der Waals surface area contributed by atoms with Gasteiger partial charge in [0.25, 0.3) is 0 Å². The summed E-state index contributed by atoms with van der Waals surface area (Å²) in [7, 11) is 0. The average molecular weight is 364 g/mol. The lowest BCUT2D eigenvalue weighted by Crippen LogP contribution is -2.16. The Hall–Kier alpha value is -2.83. The smallest absolute Gasteiger partial charge is 0.325 e. The van der Waals surface area contributed by atoms with Crippen molar-refractivity contribution in [2.45, 2.75) is 32.9 Å². The monoisotopic (exact) mass is 364 g/mol. The molecule has 0 radical (unpaired) electrons. The van der Waals surface area contributed by atoms with Crippen LogP contribution in [0.2, 0.25) is 0 Å². The molecule has 138 valence electrons. The lowest BCUT2D eigenvalue weighted by atomic mass is 10.1. The van der Waals surface area contributed by atoms with E-state index in [0.717, 1.165) is 29.3 Å². The maximum Gasteiger partial charge on any atom is 0.416 e. The van der Waals surface area contributed by atoms with Crippen molar-refractivity contribution < 1.29 is 22.8 Å². The number of carbonyl (C=O) groups excluding carboxylic acids is 2. The Kier molecular flexibility index (Phi) is 6.02. The Morgan fingerprint density at radius 1 is 0.962 bits per heavy atom. The lowest BCUT2D eigenvalue weighted by Gasteiger charge is -2.15. The maximum atomic E-state index is 12.9. The van der Waals surface area contributed by atoms with Gasteiger partial charge in [0, 0.05) is 13.3 Å². The van der Waals surface area contributed by atoms with Crippen LogP contribution in [0.5, 0.6) is 0 Å². The zero-order valence-electron chi connectivity index (χ0n) is 14.4. The van der Waals surface area contributed by atoms with E-state index in [4.69, 9.17) is 0 Å². The third-order valence-corrected chi connectivity index (χ3v) is 3.69. The molecule has 2 rings (SSSR count). The number of hydrogen-bond acceptors (Lipinski definition) is 2. The highest BCUT2D eigenvalue weighted by Gasteiger charge is 2.31. The van der Waals surface area contributed by atoms with Crippen molar-refractivity contribution >= 4 is 23.2 Å². The van der Waals surface area contributed by atoms with Gasteiger partial charge < -0.3 is 10.6 Å². The lowest BCUT2D eigenvalue weighted by molar-refractivity contribution is -0.137. The molecule has 0 aliphatic carbocycles. The number of benzene rings is 2. The summed E-state index contributed by atoms with van der Waals surface area (Å²) in [6, 6.07) is 10.4. The Balaban J connectivity index is 2.12. The van der Waals surface area contributed by atoms with Crippen molar-refractivity contribution in [3.05, 3.63) is 59.2 Å². The van der Waals surface area contributed by atoms with Crippen LogP contribution in [0.25, 0.3) is 0 Å². The Bertz CT molecular complexity index is 799. The van der Waals surface area contributed by atoms with Crippen LogP contribution in [0.1, 0.15) is 30.0 Å². The summed E-state index contributed by atoms with van der Waals surface area (Å²) in [6.45, 7) is 3.19. The van der Waals surface area contributed by atoms with Crippen molar-refractivity contribution in [2.75, 3.05) is 10.6 Å². The van der Waals surface area contributed by atoms with Crippen LogP contribution in [-0.2, 0) is 22.2 Å². The molecule has 0 bridgehead atoms. The van der Waals surface area contributed by atoms with E-state index in [0.29, 0.717) is 6.42 Å². The molecular weight excluding hydrogens is 345 g/mol. The van der Waals surface area contributed by atoms with Crippen molar-refractivity contribution in [3.63, 3.8) is 0 Å². The van der Waals surface area contributed by atoms with E-state index >= 15 is 0 Å². The van der Waals surface area contributed by atoms with E-state index in [2.05, 4.69) is 10.6 Å². The first-order valence-electron chi connectivity index (χ1n) is 7.99. The molecule has 0 spiro atoms. The molecule has 0 aromatic heterocycles. The number of anilines is 2. The van der Waals surface area contributed by atoms with Gasteiger partial charge in [-0.2, -0.15) is 13.2 Å². The standard InChI is InChI=1S/C19H19F3N2O2/c1-12-3-5-14(6-4-12)7-10-18(26)24-17-11-15(19(20,21)22)8-9-16(17)23-13(2)25/h3-6,8-9,11H,7,10H2,1-2H3,(H,23,25)(H,24,26). The quantitative estimate of drug-likeness (QED) is 0.818. The second-order valence-corrected chi connectivity index (χ2v) is 5.97. The van der Waals surface area contributed by atoms with E-state index in [1.807, 2.05) is 31.2 Å². The first-order valence-corrected chi connectivity index (χ1v) is 7.99. The molecule has 26 heavy (non-hydrogen) atoms. The minimum Gasteiger partial charge on any atom is -0.325 e. The molecule has 2 aromatic rings. The number of carbonyl (C=O) groups is 2. The van der Waals surface area contributed by atoms with Gasteiger partial charge in [0.05, 0.1) is 16.9 Å². The van der Waals surface area contributed by atoms with Gasteiger partial charge in [-0.1, -0.05) is 29.8 Å². The maximum absolute atomic E-state index is 12.9. The van der Waals surface area contributed by atoms with Crippen LogP contribution in [-0.4, -0.2) is 11.8 Å². The van der Waals surface area contributed by atoms with Crippen LogP contribution < -0.4 is 10.6 Å². The number of amides is 2. The summed E-state index contributed by atoms with van der Waals surface area (Å²) in [5, 5.41) is 4.87. The van der Waals surface area contributed by atoms with Gasteiger partial charge in [-0.15, -0.1) is 0 Å². The zero-order chi connectivity index (χ0) is 19.3. The van der Waals surface area contributed by atoms with Gasteiger partial charge in [0.2, 0.25) is 11.8 Å². The van der Waals surface area contributed by atoms with Gasteiger partial charge in [-0.05, 0) is 37.1 Å². The summed E-state index contributed by atoms with van der Waals surface area (Å²) < 4.78 is 38.7. The first kappa shape index (κ1) is 19.5.